The van der Waals surface area contributed by atoms with Gasteiger partial charge < -0.3 is 5.32 Å². The highest BCUT2D eigenvalue weighted by Crippen LogP contribution is 2.35. The van der Waals surface area contributed by atoms with Gasteiger partial charge >= 0.3 is 0 Å². The lowest BCUT2D eigenvalue weighted by atomic mass is 9.85. The lowest BCUT2D eigenvalue weighted by Gasteiger charge is -2.21. The van der Waals surface area contributed by atoms with Crippen molar-refractivity contribution in [2.24, 2.45) is 11.3 Å². The van der Waals surface area contributed by atoms with Gasteiger partial charge in [0.05, 0.1) is 0 Å². The highest BCUT2D eigenvalue weighted by molar-refractivity contribution is 4.76. The predicted molar refractivity (Wildman–Crippen MR) is 58.9 cm³/mol. The highest BCUT2D eigenvalue weighted by Gasteiger charge is 2.23. The minimum Gasteiger partial charge on any atom is -0.317 e. The third-order valence-electron chi connectivity index (χ3n) is 3.38. The number of hydrogen-bond acceptors (Lipinski definition) is 1. The summed E-state index contributed by atoms with van der Waals surface area (Å²) in [5, 5.41) is 3.47. The summed E-state index contributed by atoms with van der Waals surface area (Å²) in [7, 11) is 0. The minimum absolute atomic E-state index is 0.612. The van der Waals surface area contributed by atoms with Gasteiger partial charge in [-0.05, 0) is 50.1 Å². The Hall–Kier alpha value is -0.0400. The molecular formula is C12H25N. The van der Waals surface area contributed by atoms with Gasteiger partial charge in [-0.1, -0.05) is 27.2 Å². The summed E-state index contributed by atoms with van der Waals surface area (Å²) in [6, 6.07) is 0. The topological polar surface area (TPSA) is 12.0 Å². The monoisotopic (exact) mass is 183 g/mol. The van der Waals surface area contributed by atoms with Gasteiger partial charge in [0.2, 0.25) is 0 Å². The molecule has 1 fully saturated rings. The van der Waals surface area contributed by atoms with Gasteiger partial charge in [0, 0.05) is 0 Å². The maximum absolute atomic E-state index is 3.47. The van der Waals surface area contributed by atoms with Crippen molar-refractivity contribution in [3.05, 3.63) is 0 Å². The van der Waals surface area contributed by atoms with Gasteiger partial charge in [0.1, 0.15) is 0 Å². The molecule has 1 saturated carbocycles. The zero-order valence-corrected chi connectivity index (χ0v) is 9.53. The van der Waals surface area contributed by atoms with Crippen LogP contribution in [0.5, 0.6) is 0 Å². The molecule has 0 bridgehead atoms. The van der Waals surface area contributed by atoms with Crippen LogP contribution in [0.1, 0.15) is 52.9 Å². The van der Waals surface area contributed by atoms with Crippen molar-refractivity contribution < 1.29 is 0 Å². The van der Waals surface area contributed by atoms with Crippen LogP contribution in [0.4, 0.5) is 0 Å². The average molecular weight is 183 g/mol. The summed E-state index contributed by atoms with van der Waals surface area (Å²) in [5.41, 5.74) is 0.612. The van der Waals surface area contributed by atoms with E-state index < -0.39 is 0 Å². The molecule has 0 heterocycles. The first-order chi connectivity index (χ1) is 6.14. The summed E-state index contributed by atoms with van der Waals surface area (Å²) < 4.78 is 0. The molecule has 0 aromatic heterocycles. The van der Waals surface area contributed by atoms with Gasteiger partial charge in [-0.15, -0.1) is 0 Å². The third kappa shape index (κ3) is 4.12. The maximum atomic E-state index is 3.47. The fourth-order valence-electron chi connectivity index (χ4n) is 2.29. The van der Waals surface area contributed by atoms with Crippen molar-refractivity contribution in [2.75, 3.05) is 13.1 Å². The van der Waals surface area contributed by atoms with Gasteiger partial charge in [-0.2, -0.15) is 0 Å². The normalized spacial score (nSPS) is 28.4. The summed E-state index contributed by atoms with van der Waals surface area (Å²) in [6.07, 6.45) is 7.15. The van der Waals surface area contributed by atoms with Crippen molar-refractivity contribution >= 4 is 0 Å². The van der Waals surface area contributed by atoms with Crippen LogP contribution in [-0.2, 0) is 0 Å². The molecule has 1 aliphatic carbocycles. The predicted octanol–water partition coefficient (Wildman–Crippen LogP) is 3.20. The van der Waals surface area contributed by atoms with Crippen LogP contribution in [-0.4, -0.2) is 13.1 Å². The van der Waals surface area contributed by atoms with Crippen molar-refractivity contribution in [1.29, 1.82) is 0 Å². The second-order valence-corrected chi connectivity index (χ2v) is 5.27. The van der Waals surface area contributed by atoms with Crippen LogP contribution in [0.15, 0.2) is 0 Å². The maximum Gasteiger partial charge on any atom is -0.00206 e. The lowest BCUT2D eigenvalue weighted by molar-refractivity contribution is 0.307. The Morgan fingerprint density at radius 3 is 2.69 bits per heavy atom. The SMILES string of the molecule is CCNCC1CCCC(C)(C)CC1. The Balaban J connectivity index is 2.28. The van der Waals surface area contributed by atoms with Crippen molar-refractivity contribution in [2.45, 2.75) is 52.9 Å². The van der Waals surface area contributed by atoms with Gasteiger partial charge in [0.15, 0.2) is 0 Å². The highest BCUT2D eigenvalue weighted by atomic mass is 14.8. The first kappa shape index (κ1) is 11.0. The molecule has 0 aromatic carbocycles. The summed E-state index contributed by atoms with van der Waals surface area (Å²) in [6.45, 7) is 9.40. The molecule has 13 heavy (non-hydrogen) atoms. The van der Waals surface area contributed by atoms with Crippen LogP contribution in [0.25, 0.3) is 0 Å². The number of nitrogens with one attached hydrogen (secondary N) is 1. The quantitative estimate of drug-likeness (QED) is 0.663. The van der Waals surface area contributed by atoms with Crippen LogP contribution < -0.4 is 5.32 Å². The van der Waals surface area contributed by atoms with Gasteiger partial charge in [-0.3, -0.25) is 0 Å². The summed E-state index contributed by atoms with van der Waals surface area (Å²) in [5.74, 6) is 0.946. The molecule has 0 spiro atoms. The average Bonchev–Trinajstić information content (AvgIpc) is 2.23. The smallest absolute Gasteiger partial charge is 0.00206 e. The molecular weight excluding hydrogens is 158 g/mol. The molecule has 1 heteroatoms. The second-order valence-electron chi connectivity index (χ2n) is 5.27. The van der Waals surface area contributed by atoms with E-state index >= 15 is 0 Å². The number of hydrogen-bond donors (Lipinski definition) is 1. The summed E-state index contributed by atoms with van der Waals surface area (Å²) in [4.78, 5) is 0. The fraction of sp³-hybridized carbons (Fsp3) is 1.00. The van der Waals surface area contributed by atoms with Crippen molar-refractivity contribution in [3.63, 3.8) is 0 Å². The molecule has 0 saturated heterocycles. The summed E-state index contributed by atoms with van der Waals surface area (Å²) >= 11 is 0. The molecule has 0 radical (unpaired) electrons. The molecule has 0 aliphatic heterocycles. The first-order valence-electron chi connectivity index (χ1n) is 5.85. The van der Waals surface area contributed by atoms with Gasteiger partial charge in [-0.25, -0.2) is 0 Å². The molecule has 0 amide bonds. The largest absolute Gasteiger partial charge is 0.317 e. The van der Waals surface area contributed by atoms with E-state index in [2.05, 4.69) is 26.1 Å². The minimum atomic E-state index is 0.612. The van der Waals surface area contributed by atoms with Crippen molar-refractivity contribution in [1.82, 2.24) is 5.32 Å². The zero-order chi connectivity index (χ0) is 9.73. The van der Waals surface area contributed by atoms with E-state index in [1.807, 2.05) is 0 Å². The van der Waals surface area contributed by atoms with E-state index in [1.54, 1.807) is 0 Å². The third-order valence-corrected chi connectivity index (χ3v) is 3.38. The van der Waals surface area contributed by atoms with E-state index in [9.17, 15) is 0 Å². The van der Waals surface area contributed by atoms with E-state index in [0.717, 1.165) is 12.5 Å². The van der Waals surface area contributed by atoms with Crippen LogP contribution >= 0.6 is 0 Å². The van der Waals surface area contributed by atoms with Crippen LogP contribution in [0.2, 0.25) is 0 Å². The Bertz CT molecular complexity index is 140. The molecule has 1 rings (SSSR count). The molecule has 1 atom stereocenters. The standard InChI is InChI=1S/C12H25N/c1-4-13-10-11-6-5-8-12(2,3)9-7-11/h11,13H,4-10H2,1-3H3. The Kier molecular flexibility index (Phi) is 4.24. The molecule has 1 aliphatic rings. The second kappa shape index (κ2) is 4.99. The Morgan fingerprint density at radius 1 is 1.23 bits per heavy atom. The number of rotatable bonds is 3. The molecule has 1 nitrogen and oxygen atoms in total. The molecule has 0 aromatic rings. The van der Waals surface area contributed by atoms with Crippen LogP contribution in [0.3, 0.4) is 0 Å². The molecule has 1 unspecified atom stereocenters. The van der Waals surface area contributed by atoms with E-state index in [1.165, 1.54) is 38.6 Å². The van der Waals surface area contributed by atoms with E-state index in [0.29, 0.717) is 5.41 Å². The lowest BCUT2D eigenvalue weighted by Crippen LogP contribution is -2.22. The molecule has 1 N–H and O–H groups in total. The Labute approximate surface area is 83.3 Å². The molecule has 78 valence electrons. The zero-order valence-electron chi connectivity index (χ0n) is 9.53. The van der Waals surface area contributed by atoms with E-state index in [-0.39, 0.29) is 0 Å². The van der Waals surface area contributed by atoms with Crippen molar-refractivity contribution in [3.8, 4) is 0 Å². The fourth-order valence-corrected chi connectivity index (χ4v) is 2.29. The first-order valence-corrected chi connectivity index (χ1v) is 5.85. The van der Waals surface area contributed by atoms with Crippen LogP contribution in [0, 0.1) is 11.3 Å². The van der Waals surface area contributed by atoms with Gasteiger partial charge in [0.25, 0.3) is 0 Å². The van der Waals surface area contributed by atoms with E-state index in [4.69, 9.17) is 0 Å². The Morgan fingerprint density at radius 2 is 2.00 bits per heavy atom.